The molecule has 14 heteroatoms. The third kappa shape index (κ3) is 14.5. The Hall–Kier alpha value is -5.14. The van der Waals surface area contributed by atoms with Gasteiger partial charge in [0.15, 0.2) is 0 Å². The average Bonchev–Trinajstić information content (AvgIpc) is 2.99. The molecule has 0 saturated carbocycles. The number of nitrogens with one attached hydrogen (secondary N) is 5. The van der Waals surface area contributed by atoms with E-state index in [-0.39, 0.29) is 30.9 Å². The molecule has 7 N–H and O–H groups in total. The lowest BCUT2D eigenvalue weighted by molar-refractivity contribution is -0.142. The van der Waals surface area contributed by atoms with E-state index in [1.54, 1.807) is 63.2 Å². The van der Waals surface area contributed by atoms with Crippen molar-refractivity contribution in [3.63, 3.8) is 0 Å². The summed E-state index contributed by atoms with van der Waals surface area (Å²) in [6, 6.07) is 10.3. The largest absolute Gasteiger partial charge is 0.508 e. The Balaban J connectivity index is 2.06. The molecule has 5 amide bonds. The van der Waals surface area contributed by atoms with Crippen LogP contribution in [0.15, 0.2) is 54.6 Å². The van der Waals surface area contributed by atoms with E-state index in [9.17, 15) is 39.0 Å². The molecule has 0 heterocycles. The first-order valence-electron chi connectivity index (χ1n) is 15.7. The van der Waals surface area contributed by atoms with Gasteiger partial charge < -0.3 is 41.5 Å². The lowest BCUT2D eigenvalue weighted by Crippen LogP contribution is -2.56. The summed E-state index contributed by atoms with van der Waals surface area (Å²) in [6.45, 7) is 9.50. The second-order valence-electron chi connectivity index (χ2n) is 12.9. The quantitative estimate of drug-likeness (QED) is 0.139. The van der Waals surface area contributed by atoms with Gasteiger partial charge in [-0.05, 0) is 63.3 Å². The van der Waals surface area contributed by atoms with Crippen molar-refractivity contribution < 1.29 is 43.7 Å². The van der Waals surface area contributed by atoms with Crippen LogP contribution in [0.2, 0.25) is 0 Å². The molecule has 0 aliphatic heterocycles. The minimum atomic E-state index is -1.20. The van der Waals surface area contributed by atoms with E-state index in [1.807, 2.05) is 13.8 Å². The Kier molecular flexibility index (Phi) is 14.9. The maximum atomic E-state index is 13.2. The smallest absolute Gasteiger partial charge is 0.408 e. The molecular weight excluding hydrogens is 622 g/mol. The van der Waals surface area contributed by atoms with Crippen molar-refractivity contribution in [2.75, 3.05) is 6.54 Å². The molecule has 2 aromatic carbocycles. The number of benzene rings is 2. The Bertz CT molecular complexity index is 1410. The molecule has 14 nitrogen and oxygen atoms in total. The zero-order valence-electron chi connectivity index (χ0n) is 28.2. The number of carboxylic acid groups (broad SMARTS) is 1. The topological polar surface area (TPSA) is 212 Å². The Morgan fingerprint density at radius 2 is 1.25 bits per heavy atom. The minimum Gasteiger partial charge on any atom is -0.508 e. The van der Waals surface area contributed by atoms with E-state index in [0.717, 1.165) is 5.56 Å². The van der Waals surface area contributed by atoms with Crippen LogP contribution in [0.5, 0.6) is 5.75 Å². The molecule has 262 valence electrons. The number of rotatable bonds is 16. The molecule has 0 aliphatic rings. The van der Waals surface area contributed by atoms with Gasteiger partial charge in [-0.2, -0.15) is 0 Å². The number of phenolic OH excluding ortho intramolecular Hbond substituents is 1. The van der Waals surface area contributed by atoms with Gasteiger partial charge >= 0.3 is 12.1 Å². The highest BCUT2D eigenvalue weighted by atomic mass is 16.6. The Morgan fingerprint density at radius 1 is 0.708 bits per heavy atom. The van der Waals surface area contributed by atoms with Crippen molar-refractivity contribution in [3.8, 4) is 5.75 Å². The fourth-order valence-corrected chi connectivity index (χ4v) is 4.50. The van der Waals surface area contributed by atoms with Gasteiger partial charge in [0.1, 0.15) is 35.5 Å². The summed E-state index contributed by atoms with van der Waals surface area (Å²) < 4.78 is 5.26. The minimum absolute atomic E-state index is 0.0135. The van der Waals surface area contributed by atoms with Gasteiger partial charge in [-0.1, -0.05) is 56.3 Å². The number of aromatic hydroxyl groups is 1. The van der Waals surface area contributed by atoms with Crippen LogP contribution in [-0.4, -0.2) is 82.2 Å². The zero-order valence-corrected chi connectivity index (χ0v) is 28.2. The molecule has 0 unspecified atom stereocenters. The predicted octanol–water partition coefficient (Wildman–Crippen LogP) is 1.79. The molecule has 0 fully saturated rings. The summed E-state index contributed by atoms with van der Waals surface area (Å²) in [7, 11) is 0. The Labute approximate surface area is 280 Å². The average molecular weight is 670 g/mol. The highest BCUT2D eigenvalue weighted by molar-refractivity contribution is 5.94. The van der Waals surface area contributed by atoms with Gasteiger partial charge in [0.2, 0.25) is 23.6 Å². The molecule has 48 heavy (non-hydrogen) atoms. The maximum absolute atomic E-state index is 13.2. The number of ether oxygens (including phenoxy) is 1. The van der Waals surface area contributed by atoms with Crippen LogP contribution in [0.3, 0.4) is 0 Å². The van der Waals surface area contributed by atoms with E-state index in [1.165, 1.54) is 19.1 Å². The number of carboxylic acids is 1. The summed E-state index contributed by atoms with van der Waals surface area (Å²) in [5, 5.41) is 31.7. The van der Waals surface area contributed by atoms with E-state index in [4.69, 9.17) is 4.74 Å². The fraction of sp³-hybridized carbons (Fsp3) is 0.471. The van der Waals surface area contributed by atoms with Crippen LogP contribution >= 0.6 is 0 Å². The lowest BCUT2D eigenvalue weighted by Gasteiger charge is -2.24. The normalized spacial score (nSPS) is 13.6. The third-order valence-corrected chi connectivity index (χ3v) is 6.81. The number of carbonyl (C=O) groups is 6. The van der Waals surface area contributed by atoms with E-state index in [2.05, 4.69) is 26.6 Å². The number of alkyl carbamates (subject to hydrolysis) is 1. The van der Waals surface area contributed by atoms with Crippen molar-refractivity contribution in [1.82, 2.24) is 26.6 Å². The van der Waals surface area contributed by atoms with Crippen molar-refractivity contribution >= 4 is 35.7 Å². The van der Waals surface area contributed by atoms with E-state index in [0.29, 0.717) is 5.56 Å². The summed E-state index contributed by atoms with van der Waals surface area (Å²) in [5.41, 5.74) is 0.509. The molecule has 0 radical (unpaired) electrons. The SMILES string of the molecule is CC(C)C[C@H](NC(=O)[C@H](Cc1ccccc1)NC(=O)[C@H](C)NC(=O)CNC(=O)[C@H](Cc1ccc(O)cc1)NC(=O)OC(C)(C)C)C(=O)O. The van der Waals surface area contributed by atoms with Gasteiger partial charge in [-0.15, -0.1) is 0 Å². The van der Waals surface area contributed by atoms with Gasteiger partial charge in [-0.3, -0.25) is 19.2 Å². The van der Waals surface area contributed by atoms with Gasteiger partial charge in [-0.25, -0.2) is 9.59 Å². The van der Waals surface area contributed by atoms with Crippen LogP contribution < -0.4 is 26.6 Å². The van der Waals surface area contributed by atoms with Gasteiger partial charge in [0, 0.05) is 12.8 Å². The molecule has 0 bridgehead atoms. The molecule has 0 saturated heterocycles. The van der Waals surface area contributed by atoms with Crippen molar-refractivity contribution in [2.24, 2.45) is 5.92 Å². The first kappa shape index (κ1) is 39.0. The Morgan fingerprint density at radius 3 is 1.79 bits per heavy atom. The first-order chi connectivity index (χ1) is 22.4. The van der Waals surface area contributed by atoms with Gasteiger partial charge in [0.05, 0.1) is 6.54 Å². The number of amides is 5. The third-order valence-electron chi connectivity index (χ3n) is 6.81. The summed E-state index contributed by atoms with van der Waals surface area (Å²) >= 11 is 0. The molecule has 0 aromatic heterocycles. The molecular formula is C34H47N5O9. The highest BCUT2D eigenvalue weighted by Gasteiger charge is 2.30. The molecule has 2 aromatic rings. The zero-order chi connectivity index (χ0) is 36.0. The van der Waals surface area contributed by atoms with Gasteiger partial charge in [0.25, 0.3) is 0 Å². The van der Waals surface area contributed by atoms with E-state index >= 15 is 0 Å². The summed E-state index contributed by atoms with van der Waals surface area (Å²) in [6.07, 6.45) is -0.564. The summed E-state index contributed by atoms with van der Waals surface area (Å²) in [5.74, 6) is -4.01. The van der Waals surface area contributed by atoms with Crippen molar-refractivity contribution in [2.45, 2.75) is 90.6 Å². The van der Waals surface area contributed by atoms with Crippen LogP contribution in [-0.2, 0) is 41.6 Å². The monoisotopic (exact) mass is 669 g/mol. The number of hydrogen-bond acceptors (Lipinski definition) is 8. The summed E-state index contributed by atoms with van der Waals surface area (Å²) in [4.78, 5) is 76.3. The van der Waals surface area contributed by atoms with Crippen LogP contribution in [0.1, 0.15) is 59.1 Å². The fourth-order valence-electron chi connectivity index (χ4n) is 4.50. The van der Waals surface area contributed by atoms with Crippen LogP contribution in [0.4, 0.5) is 4.79 Å². The molecule has 0 spiro atoms. The second-order valence-corrected chi connectivity index (χ2v) is 12.9. The molecule has 0 aliphatic carbocycles. The maximum Gasteiger partial charge on any atom is 0.408 e. The first-order valence-corrected chi connectivity index (χ1v) is 15.7. The molecule has 2 rings (SSSR count). The lowest BCUT2D eigenvalue weighted by atomic mass is 10.0. The van der Waals surface area contributed by atoms with E-state index < -0.39 is 72.0 Å². The second kappa shape index (κ2) is 18.3. The number of aliphatic carboxylic acids is 1. The van der Waals surface area contributed by atoms with Crippen LogP contribution in [0, 0.1) is 5.92 Å². The standard InChI is InChI=1S/C34H47N5O9/c1-20(2)16-27(32(45)46)38-31(44)26(17-22-10-8-7-9-11-22)37-29(42)21(3)36-28(41)19-35-30(43)25(39-33(47)48-34(4,5)6)18-23-12-14-24(40)15-13-23/h7-15,20-21,25-27,40H,16-19H2,1-6H3,(H,35,43)(H,36,41)(H,37,42)(H,38,44)(H,39,47)(H,45,46)/t21-,25-,26-,27-/m0/s1. The van der Waals surface area contributed by atoms with Crippen molar-refractivity contribution in [1.29, 1.82) is 0 Å². The van der Waals surface area contributed by atoms with Crippen molar-refractivity contribution in [3.05, 3.63) is 65.7 Å². The number of carbonyl (C=O) groups excluding carboxylic acids is 5. The molecule has 4 atom stereocenters. The number of phenols is 1. The predicted molar refractivity (Wildman–Crippen MR) is 177 cm³/mol. The van der Waals surface area contributed by atoms with Crippen LogP contribution in [0.25, 0.3) is 0 Å². The number of hydrogen-bond donors (Lipinski definition) is 7. The highest BCUT2D eigenvalue weighted by Crippen LogP contribution is 2.13.